The van der Waals surface area contributed by atoms with E-state index in [1.165, 1.54) is 4.88 Å². The molecule has 0 aliphatic heterocycles. The summed E-state index contributed by atoms with van der Waals surface area (Å²) < 4.78 is 5.85. The molecule has 0 bridgehead atoms. The lowest BCUT2D eigenvalue weighted by atomic mass is 10.1. The summed E-state index contributed by atoms with van der Waals surface area (Å²) in [4.78, 5) is 24.8. The summed E-state index contributed by atoms with van der Waals surface area (Å²) >= 11 is 1.60. The van der Waals surface area contributed by atoms with Crippen LogP contribution < -0.4 is 0 Å². The van der Waals surface area contributed by atoms with Crippen LogP contribution in [0.3, 0.4) is 0 Å². The lowest BCUT2D eigenvalue weighted by Gasteiger charge is -2.10. The first-order chi connectivity index (χ1) is 13.9. The van der Waals surface area contributed by atoms with E-state index in [9.17, 15) is 4.79 Å². The summed E-state index contributed by atoms with van der Waals surface area (Å²) in [5, 5.41) is 8.31. The summed E-state index contributed by atoms with van der Waals surface area (Å²) in [6.45, 7) is 3.88. The Morgan fingerprint density at radius 3 is 2.41 bits per heavy atom. The van der Waals surface area contributed by atoms with Gasteiger partial charge in [-0.1, -0.05) is 12.1 Å². The second-order valence-corrected chi connectivity index (χ2v) is 8.08. The topological polar surface area (TPSA) is 85.0 Å². The third-order valence-corrected chi connectivity index (χ3v) is 5.36. The molecule has 3 aromatic heterocycles. The highest BCUT2D eigenvalue weighted by atomic mass is 32.1. The molecule has 29 heavy (non-hydrogen) atoms. The quantitative estimate of drug-likeness (QED) is 0.496. The van der Waals surface area contributed by atoms with Crippen molar-refractivity contribution < 1.29 is 10.6 Å². The molecule has 1 amide bonds. The number of carbonyl (C=O) groups is 1. The second kappa shape index (κ2) is 7.56. The molecule has 0 aliphatic rings. The van der Waals surface area contributed by atoms with E-state index in [2.05, 4.69) is 20.2 Å². The predicted molar refractivity (Wildman–Crippen MR) is 114 cm³/mol. The molecule has 0 spiro atoms. The monoisotopic (exact) mass is 407 g/mol. The Kier molecular flexibility index (Phi) is 4.94. The molecular formula is C21H21N5O2S. The van der Waals surface area contributed by atoms with Gasteiger partial charge in [-0.3, -0.25) is 9.78 Å². The third kappa shape index (κ3) is 3.79. The zero-order valence-electron chi connectivity index (χ0n) is 16.5. The van der Waals surface area contributed by atoms with Crippen LogP contribution in [0.4, 0.5) is 0 Å². The predicted octanol–water partition coefficient (Wildman–Crippen LogP) is 4.49. The van der Waals surface area contributed by atoms with Crippen LogP contribution in [0.25, 0.3) is 33.6 Å². The Bertz CT molecular complexity index is 1180. The first kappa shape index (κ1) is 18.9. The summed E-state index contributed by atoms with van der Waals surface area (Å²) in [5.41, 5.74) is 3.38. The van der Waals surface area contributed by atoms with E-state index in [4.69, 9.17) is 4.42 Å². The van der Waals surface area contributed by atoms with Gasteiger partial charge in [0.1, 0.15) is 5.69 Å². The molecule has 8 heteroatoms. The molecular weight excluding hydrogens is 386 g/mol. The van der Waals surface area contributed by atoms with Gasteiger partial charge < -0.3 is 9.32 Å². The zero-order chi connectivity index (χ0) is 20.5. The fourth-order valence-corrected chi connectivity index (χ4v) is 3.59. The van der Waals surface area contributed by atoms with Gasteiger partial charge in [-0.25, -0.2) is 4.98 Å². The number of carbonyl (C=O) groups excluding carboxylic acids is 1. The van der Waals surface area contributed by atoms with Crippen LogP contribution in [0.2, 0.25) is 0 Å². The number of rotatable bonds is 4. The fourth-order valence-electron chi connectivity index (χ4n) is 2.80. The van der Waals surface area contributed by atoms with Gasteiger partial charge in [-0.05, 0) is 38.1 Å². The Hall–Kier alpha value is -3.39. The number of hydrogen-bond donors (Lipinski definition) is 0. The minimum Gasteiger partial charge on any atom is -0.414 e. The van der Waals surface area contributed by atoms with E-state index in [1.807, 2.05) is 38.1 Å². The maximum absolute atomic E-state index is 12.1. The Balaban J connectivity index is 0.00000256. The molecule has 4 rings (SSSR count). The first-order valence-corrected chi connectivity index (χ1v) is 9.80. The minimum atomic E-state index is -0.0468. The largest absolute Gasteiger partial charge is 0.414 e. The smallest absolute Gasteiger partial charge is 0.268 e. The van der Waals surface area contributed by atoms with Crippen molar-refractivity contribution in [1.29, 1.82) is 0 Å². The SMILES string of the molecule is Cc1ccc(-c2nnc(-c3nc(-c4ccc(C(=O)N(C)C)cc4)cnc3C)o2)s1.[HH]. The highest BCUT2D eigenvalue weighted by molar-refractivity contribution is 7.15. The third-order valence-electron chi connectivity index (χ3n) is 4.37. The Morgan fingerprint density at radius 2 is 1.76 bits per heavy atom. The molecule has 0 N–H and O–H groups in total. The Morgan fingerprint density at radius 1 is 1.03 bits per heavy atom. The van der Waals surface area contributed by atoms with E-state index < -0.39 is 0 Å². The summed E-state index contributed by atoms with van der Waals surface area (Å²) in [6.07, 6.45) is 1.70. The highest BCUT2D eigenvalue weighted by Gasteiger charge is 2.17. The van der Waals surface area contributed by atoms with Crippen molar-refractivity contribution in [2.75, 3.05) is 14.1 Å². The van der Waals surface area contributed by atoms with E-state index >= 15 is 0 Å². The van der Waals surface area contributed by atoms with E-state index in [0.29, 0.717) is 34.4 Å². The number of aryl methyl sites for hydroxylation is 2. The molecule has 7 nitrogen and oxygen atoms in total. The van der Waals surface area contributed by atoms with Crippen molar-refractivity contribution >= 4 is 17.2 Å². The summed E-state index contributed by atoms with van der Waals surface area (Å²) in [7, 11) is 3.45. The lowest BCUT2D eigenvalue weighted by Crippen LogP contribution is -2.21. The van der Waals surface area contributed by atoms with Gasteiger partial charge >= 0.3 is 0 Å². The van der Waals surface area contributed by atoms with Gasteiger partial charge in [0, 0.05) is 31.5 Å². The average molecular weight is 407 g/mol. The first-order valence-electron chi connectivity index (χ1n) is 8.99. The number of hydrogen-bond acceptors (Lipinski definition) is 7. The van der Waals surface area contributed by atoms with Crippen LogP contribution in [0.15, 0.2) is 47.0 Å². The van der Waals surface area contributed by atoms with Crippen molar-refractivity contribution in [3.05, 3.63) is 58.7 Å². The van der Waals surface area contributed by atoms with E-state index in [-0.39, 0.29) is 7.33 Å². The normalized spacial score (nSPS) is 10.9. The lowest BCUT2D eigenvalue weighted by molar-refractivity contribution is 0.0827. The van der Waals surface area contributed by atoms with Crippen molar-refractivity contribution in [3.8, 4) is 33.6 Å². The highest BCUT2D eigenvalue weighted by Crippen LogP contribution is 2.30. The van der Waals surface area contributed by atoms with Crippen LogP contribution in [-0.2, 0) is 0 Å². The molecule has 0 saturated carbocycles. The van der Waals surface area contributed by atoms with Crippen molar-refractivity contribution in [1.82, 2.24) is 25.1 Å². The van der Waals surface area contributed by atoms with Crippen molar-refractivity contribution in [2.45, 2.75) is 13.8 Å². The summed E-state index contributed by atoms with van der Waals surface area (Å²) in [6, 6.07) is 11.2. The molecule has 0 fully saturated rings. The van der Waals surface area contributed by atoms with Gasteiger partial charge in [0.2, 0.25) is 0 Å². The van der Waals surface area contributed by atoms with Gasteiger partial charge in [0.05, 0.1) is 22.5 Å². The van der Waals surface area contributed by atoms with E-state index in [0.717, 1.165) is 10.4 Å². The van der Waals surface area contributed by atoms with Gasteiger partial charge in [-0.15, -0.1) is 21.5 Å². The number of benzene rings is 1. The number of thiophene rings is 1. The van der Waals surface area contributed by atoms with Crippen LogP contribution >= 0.6 is 11.3 Å². The van der Waals surface area contributed by atoms with Gasteiger partial charge in [0.15, 0.2) is 0 Å². The molecule has 3 heterocycles. The minimum absolute atomic E-state index is 0. The van der Waals surface area contributed by atoms with Crippen LogP contribution in [-0.4, -0.2) is 45.1 Å². The molecule has 4 aromatic rings. The molecule has 0 aliphatic carbocycles. The molecule has 148 valence electrons. The summed E-state index contributed by atoms with van der Waals surface area (Å²) in [5.74, 6) is 0.753. The fraction of sp³-hybridized carbons (Fsp3) is 0.190. The maximum atomic E-state index is 12.1. The van der Waals surface area contributed by atoms with Gasteiger partial charge in [0.25, 0.3) is 17.7 Å². The molecule has 0 unspecified atom stereocenters. The van der Waals surface area contributed by atoms with E-state index in [1.54, 1.807) is 48.7 Å². The maximum Gasteiger partial charge on any atom is 0.268 e. The average Bonchev–Trinajstić information content (AvgIpc) is 3.37. The standard InChI is InChI=1S/C21H19N5O2S.H2/c1-12-5-10-17(29-12)19-24-25-20(28-19)18-13(2)22-11-16(23-18)14-6-8-15(9-7-14)21(27)26(3)4;/h5-11H,1-4H3;1H. The van der Waals surface area contributed by atoms with Crippen molar-refractivity contribution in [2.24, 2.45) is 0 Å². The van der Waals surface area contributed by atoms with Crippen LogP contribution in [0, 0.1) is 13.8 Å². The second-order valence-electron chi connectivity index (χ2n) is 6.79. The number of nitrogens with zero attached hydrogens (tertiary/aromatic N) is 5. The van der Waals surface area contributed by atoms with Crippen LogP contribution in [0.5, 0.6) is 0 Å². The molecule has 0 radical (unpaired) electrons. The molecule has 0 atom stereocenters. The number of aromatic nitrogens is 4. The molecule has 0 saturated heterocycles. The van der Waals surface area contributed by atoms with Gasteiger partial charge in [-0.2, -0.15) is 0 Å². The Labute approximate surface area is 173 Å². The number of amides is 1. The van der Waals surface area contributed by atoms with Crippen molar-refractivity contribution in [3.63, 3.8) is 0 Å². The van der Waals surface area contributed by atoms with Crippen LogP contribution in [0.1, 0.15) is 22.4 Å². The zero-order valence-corrected chi connectivity index (χ0v) is 17.3. The molecule has 1 aromatic carbocycles.